The third-order valence-electron chi connectivity index (χ3n) is 12.1. The predicted molar refractivity (Wildman–Crippen MR) is 254 cm³/mol. The molecular weight excluding hydrogens is 863 g/mol. The number of likely N-dealkylation sites (N-methyl/N-ethyl adjacent to an activating group) is 4. The average molecular weight is 940 g/mol. The van der Waals surface area contributed by atoms with Crippen molar-refractivity contribution >= 4 is 47.6 Å². The molecule has 1 heterocycles. The summed E-state index contributed by atoms with van der Waals surface area (Å²) in [7, 11) is 6.21. The van der Waals surface area contributed by atoms with Gasteiger partial charge in [-0.2, -0.15) is 0 Å². The molecule has 1 aromatic carbocycles. The zero-order valence-electron chi connectivity index (χ0n) is 42.1. The summed E-state index contributed by atoms with van der Waals surface area (Å²) >= 11 is 0. The summed E-state index contributed by atoms with van der Waals surface area (Å²) in [4.78, 5) is 114. The van der Waals surface area contributed by atoms with Gasteiger partial charge in [-0.25, -0.2) is 14.4 Å². The van der Waals surface area contributed by atoms with Crippen LogP contribution < -0.4 is 21.3 Å². The monoisotopic (exact) mass is 940 g/mol. The van der Waals surface area contributed by atoms with Crippen LogP contribution in [0.3, 0.4) is 0 Å². The van der Waals surface area contributed by atoms with Gasteiger partial charge < -0.3 is 50.2 Å². The molecule has 0 bridgehead atoms. The molecule has 0 aromatic heterocycles. The van der Waals surface area contributed by atoms with Crippen LogP contribution in [0.5, 0.6) is 0 Å². The van der Waals surface area contributed by atoms with Crippen LogP contribution in [-0.2, 0) is 54.2 Å². The molecule has 1 aliphatic heterocycles. The Labute approximate surface area is 397 Å². The van der Waals surface area contributed by atoms with Crippen LogP contribution in [0.1, 0.15) is 94.1 Å². The number of nitrogens with one attached hydrogen (secondary N) is 4. The van der Waals surface area contributed by atoms with E-state index in [1.807, 2.05) is 26.8 Å². The number of cyclic esters (lactones) is 2. The Morgan fingerprint density at radius 3 is 2.15 bits per heavy atom. The average Bonchev–Trinajstić information content (AvgIpc) is 3.29. The zero-order chi connectivity index (χ0) is 50.7. The maximum absolute atomic E-state index is 14.2. The van der Waals surface area contributed by atoms with Crippen molar-refractivity contribution in [2.45, 2.75) is 137 Å². The molecule has 18 heteroatoms. The van der Waals surface area contributed by atoms with Crippen LogP contribution in [0.15, 0.2) is 53.6 Å². The number of rotatable bonds is 13. The second-order valence-electron chi connectivity index (χ2n) is 18.1. The Bertz CT molecular complexity index is 1920. The van der Waals surface area contributed by atoms with Crippen LogP contribution in [-0.4, -0.2) is 153 Å². The fourth-order valence-corrected chi connectivity index (χ4v) is 7.29. The van der Waals surface area contributed by atoms with Crippen LogP contribution >= 0.6 is 0 Å². The molecule has 67 heavy (non-hydrogen) atoms. The highest BCUT2D eigenvalue weighted by Crippen LogP contribution is 2.26. The summed E-state index contributed by atoms with van der Waals surface area (Å²) in [6.07, 6.45) is -0.00393. The van der Waals surface area contributed by atoms with Gasteiger partial charge in [0.15, 0.2) is 6.10 Å². The molecule has 0 saturated carbocycles. The minimum Gasteiger partial charge on any atom is -0.460 e. The molecule has 2 rings (SSSR count). The van der Waals surface area contributed by atoms with Crippen molar-refractivity contribution in [1.29, 1.82) is 0 Å². The lowest BCUT2D eigenvalue weighted by atomic mass is 9.90. The summed E-state index contributed by atoms with van der Waals surface area (Å²) in [6, 6.07) is 4.35. The van der Waals surface area contributed by atoms with Crippen molar-refractivity contribution in [1.82, 2.24) is 36.0 Å². The second-order valence-corrected chi connectivity index (χ2v) is 18.1. The number of amides is 6. The van der Waals surface area contributed by atoms with Gasteiger partial charge in [-0.3, -0.25) is 24.0 Å². The molecule has 0 spiro atoms. The standard InChI is InChI=1S/C49H77N7O11/c1-15-30(5)41-44(59)52-35(10)48(63)65-38(33(8)42(31(6)16-2)67-49(64)54(12)25-24-50-11)23-22-32(7)47(62)66-39(26-29(3)4)43(58)51-34(9)45(60)56(14)37(27-36-20-18-17-19-21-36)46(61)55(13)28-40(57)53-41/h16-22,29-30,33-35,37-39,41-42,50H,15,23-28H2,1-14H3,(H,51,58)(H,52,59)(H,53,57)/b31-16+,32-22-/t30-,33+,34-,35+,37+,38-,39+,41-,42-/m1/s1. The summed E-state index contributed by atoms with van der Waals surface area (Å²) in [5.41, 5.74) is 1.48. The van der Waals surface area contributed by atoms with Gasteiger partial charge in [0, 0.05) is 58.6 Å². The number of carbonyl (C=O) groups excluding carboxylic acids is 8. The molecule has 0 aliphatic carbocycles. The first-order chi connectivity index (χ1) is 31.5. The van der Waals surface area contributed by atoms with Gasteiger partial charge >= 0.3 is 18.0 Å². The SMILES string of the molecule is C/C=C(\C)[C@@H](OC(=O)N(C)CCNC)[C@@H](C)[C@H]1C/C=C(/C)C(=O)O[C@@H](CC(C)C)C(=O)N[C@H](C)C(=O)N(C)[C@@H](Cc2ccccc2)C(=O)N(C)CC(=O)N[C@H]([C@H](C)CC)C(=O)N[C@@H](C)C(=O)O1. The summed E-state index contributed by atoms with van der Waals surface area (Å²) in [6.45, 7) is 17.4. The lowest BCUT2D eigenvalue weighted by Gasteiger charge is -2.33. The Morgan fingerprint density at radius 1 is 0.940 bits per heavy atom. The van der Waals surface area contributed by atoms with E-state index >= 15 is 0 Å². The van der Waals surface area contributed by atoms with E-state index in [1.165, 1.54) is 50.7 Å². The van der Waals surface area contributed by atoms with Gasteiger partial charge in [-0.1, -0.05) is 83.5 Å². The highest BCUT2D eigenvalue weighted by atomic mass is 16.6. The Kier molecular flexibility index (Phi) is 23.8. The van der Waals surface area contributed by atoms with E-state index < -0.39 is 108 Å². The van der Waals surface area contributed by atoms with E-state index in [0.29, 0.717) is 25.1 Å². The van der Waals surface area contributed by atoms with E-state index in [9.17, 15) is 38.4 Å². The number of carbonyl (C=O) groups is 8. The van der Waals surface area contributed by atoms with Crippen molar-refractivity contribution in [2.75, 3.05) is 47.8 Å². The fourth-order valence-electron chi connectivity index (χ4n) is 7.29. The number of hydrogen-bond donors (Lipinski definition) is 4. The molecule has 1 aliphatic rings. The normalized spacial score (nSPS) is 25.0. The third kappa shape index (κ3) is 17.8. The highest BCUT2D eigenvalue weighted by molar-refractivity contribution is 5.96. The van der Waals surface area contributed by atoms with Crippen molar-refractivity contribution in [2.24, 2.45) is 17.8 Å². The largest absolute Gasteiger partial charge is 0.460 e. The Hall–Kier alpha value is -5.78. The summed E-state index contributed by atoms with van der Waals surface area (Å²) < 4.78 is 17.9. The number of hydrogen-bond acceptors (Lipinski definition) is 12. The van der Waals surface area contributed by atoms with Crippen molar-refractivity contribution in [3.63, 3.8) is 0 Å². The maximum atomic E-state index is 14.2. The highest BCUT2D eigenvalue weighted by Gasteiger charge is 2.38. The van der Waals surface area contributed by atoms with Gasteiger partial charge in [0.1, 0.15) is 36.4 Å². The van der Waals surface area contributed by atoms with Crippen LogP contribution in [0.25, 0.3) is 0 Å². The molecule has 0 radical (unpaired) electrons. The molecular formula is C49H77N7O11. The quantitative estimate of drug-likeness (QED) is 0.127. The summed E-state index contributed by atoms with van der Waals surface area (Å²) in [5, 5.41) is 11.1. The van der Waals surface area contributed by atoms with Crippen LogP contribution in [0, 0.1) is 17.8 Å². The lowest BCUT2D eigenvalue weighted by molar-refractivity contribution is -0.156. The predicted octanol–water partition coefficient (Wildman–Crippen LogP) is 3.53. The smallest absolute Gasteiger partial charge is 0.410 e. The number of allylic oxidation sites excluding steroid dienone is 1. The van der Waals surface area contributed by atoms with E-state index in [0.717, 1.165) is 10.5 Å². The van der Waals surface area contributed by atoms with Crippen molar-refractivity contribution < 1.29 is 52.6 Å². The number of ether oxygens (including phenoxy) is 3. The van der Waals surface area contributed by atoms with E-state index in [2.05, 4.69) is 21.3 Å². The maximum Gasteiger partial charge on any atom is 0.410 e. The van der Waals surface area contributed by atoms with Crippen LogP contribution in [0.4, 0.5) is 4.79 Å². The molecule has 18 nitrogen and oxygen atoms in total. The van der Waals surface area contributed by atoms with Gasteiger partial charge in [0.25, 0.3) is 5.91 Å². The topological polar surface area (TPSA) is 222 Å². The molecule has 0 saturated heterocycles. The molecule has 9 atom stereocenters. The van der Waals surface area contributed by atoms with E-state index in [-0.39, 0.29) is 30.8 Å². The zero-order valence-corrected chi connectivity index (χ0v) is 42.1. The Balaban J connectivity index is 2.71. The van der Waals surface area contributed by atoms with Crippen molar-refractivity contribution in [3.8, 4) is 0 Å². The second kappa shape index (κ2) is 27.8. The summed E-state index contributed by atoms with van der Waals surface area (Å²) in [5.74, 6) is -6.16. The fraction of sp³-hybridized carbons (Fsp3) is 0.633. The number of benzene rings is 1. The van der Waals surface area contributed by atoms with Gasteiger partial charge in [-0.15, -0.1) is 0 Å². The van der Waals surface area contributed by atoms with Crippen LogP contribution in [0.2, 0.25) is 0 Å². The number of esters is 2. The first kappa shape index (κ1) is 57.3. The molecule has 1 aromatic rings. The lowest BCUT2D eigenvalue weighted by Crippen LogP contribution is -2.57. The Morgan fingerprint density at radius 2 is 1.57 bits per heavy atom. The minimum atomic E-state index is -1.31. The van der Waals surface area contributed by atoms with Gasteiger partial charge in [0.05, 0.1) is 6.54 Å². The first-order valence-corrected chi connectivity index (χ1v) is 23.2. The molecule has 4 N–H and O–H groups in total. The molecule has 0 unspecified atom stereocenters. The minimum absolute atomic E-state index is 0.0734. The van der Waals surface area contributed by atoms with Gasteiger partial charge in [-0.05, 0) is 71.1 Å². The van der Waals surface area contributed by atoms with Gasteiger partial charge in [0.2, 0.25) is 23.6 Å². The van der Waals surface area contributed by atoms with Crippen molar-refractivity contribution in [3.05, 3.63) is 59.2 Å². The molecule has 6 amide bonds. The first-order valence-electron chi connectivity index (χ1n) is 23.2. The molecule has 374 valence electrons. The van der Waals surface area contributed by atoms with E-state index in [4.69, 9.17) is 14.2 Å². The number of nitrogens with zero attached hydrogens (tertiary/aromatic N) is 3. The third-order valence-corrected chi connectivity index (χ3v) is 12.1. The molecule has 0 fully saturated rings. The van der Waals surface area contributed by atoms with E-state index in [1.54, 1.807) is 72.1 Å².